The number of imide groups is 1. The first-order chi connectivity index (χ1) is 19.1. The first kappa shape index (κ1) is 30.0. The summed E-state index contributed by atoms with van der Waals surface area (Å²) >= 11 is 6.29. The molecular formula is C30H35BClNO7. The van der Waals surface area contributed by atoms with Crippen LogP contribution in [0, 0.1) is 17.8 Å². The number of phenolic OH excluding ortho intramolecular Hbond substituents is 1. The molecule has 10 heteroatoms. The third-order valence-corrected chi connectivity index (χ3v) is 8.29. The molecule has 8 nitrogen and oxygen atoms in total. The summed E-state index contributed by atoms with van der Waals surface area (Å²) in [5.74, 6) is -2.99. The lowest BCUT2D eigenvalue weighted by Gasteiger charge is -2.35. The number of hydrogen-bond acceptors (Lipinski definition) is 7. The van der Waals surface area contributed by atoms with Crippen LogP contribution in [0.2, 0.25) is 5.02 Å². The fourth-order valence-electron chi connectivity index (χ4n) is 6.12. The number of amides is 2. The van der Waals surface area contributed by atoms with Gasteiger partial charge in [0.2, 0.25) is 11.8 Å². The summed E-state index contributed by atoms with van der Waals surface area (Å²) in [7, 11) is -1.75. The first-order valence-corrected chi connectivity index (χ1v) is 13.9. The molecule has 40 heavy (non-hydrogen) atoms. The van der Waals surface area contributed by atoms with Crippen molar-refractivity contribution in [2.45, 2.75) is 52.1 Å². The zero-order chi connectivity index (χ0) is 29.1. The number of phenols is 1. The zero-order valence-corrected chi connectivity index (χ0v) is 23.4. The van der Waals surface area contributed by atoms with E-state index in [0.717, 1.165) is 34.5 Å². The Morgan fingerprint density at radius 3 is 2.55 bits per heavy atom. The molecule has 0 radical (unpaired) electrons. The SMILES string of the molecule is CCC/C(=C\c1ccc(O)cc1Cl)CC[C@@H](O)C1=C(C)C[C@H]2C(=O)N(c3cccc(B(O)O)c3)C(=O)[C@H]2[C@H]1CO. The number of aliphatic hydroxyl groups is 2. The monoisotopic (exact) mass is 567 g/mol. The van der Waals surface area contributed by atoms with Crippen molar-refractivity contribution in [1.82, 2.24) is 0 Å². The highest BCUT2D eigenvalue weighted by Crippen LogP contribution is 2.47. The molecule has 1 heterocycles. The number of aromatic hydroxyl groups is 1. The zero-order valence-electron chi connectivity index (χ0n) is 22.6. The fourth-order valence-corrected chi connectivity index (χ4v) is 6.35. The molecule has 1 aliphatic carbocycles. The molecule has 2 amide bonds. The van der Waals surface area contributed by atoms with Crippen molar-refractivity contribution in [1.29, 1.82) is 0 Å². The van der Waals surface area contributed by atoms with Crippen molar-refractivity contribution in [2.75, 3.05) is 11.5 Å². The van der Waals surface area contributed by atoms with Gasteiger partial charge in [-0.05, 0) is 79.5 Å². The Morgan fingerprint density at radius 2 is 1.90 bits per heavy atom. The first-order valence-electron chi connectivity index (χ1n) is 13.6. The van der Waals surface area contributed by atoms with E-state index in [1.54, 1.807) is 24.3 Å². The Labute approximate surface area is 239 Å². The van der Waals surface area contributed by atoms with Gasteiger partial charge < -0.3 is 25.4 Å². The normalized spacial score (nSPS) is 22.1. The van der Waals surface area contributed by atoms with Crippen LogP contribution in [0.5, 0.6) is 5.75 Å². The summed E-state index contributed by atoms with van der Waals surface area (Å²) in [5.41, 5.74) is 3.64. The number of halogens is 1. The lowest BCUT2D eigenvalue weighted by molar-refractivity contribution is -0.123. The quantitative estimate of drug-likeness (QED) is 0.169. The van der Waals surface area contributed by atoms with Gasteiger partial charge in [-0.1, -0.05) is 54.3 Å². The number of rotatable bonds is 10. The van der Waals surface area contributed by atoms with E-state index < -0.39 is 49.4 Å². The molecular weight excluding hydrogens is 533 g/mol. The smallest absolute Gasteiger partial charge is 0.488 e. The van der Waals surface area contributed by atoms with Crippen molar-refractivity contribution in [2.24, 2.45) is 17.8 Å². The molecule has 212 valence electrons. The largest absolute Gasteiger partial charge is 0.508 e. The molecule has 0 spiro atoms. The molecule has 1 fully saturated rings. The van der Waals surface area contributed by atoms with Crippen LogP contribution in [0.15, 0.2) is 59.2 Å². The van der Waals surface area contributed by atoms with Gasteiger partial charge in [-0.25, -0.2) is 0 Å². The second-order valence-corrected chi connectivity index (χ2v) is 11.1. The molecule has 2 aromatic carbocycles. The van der Waals surface area contributed by atoms with E-state index in [1.165, 1.54) is 18.2 Å². The highest BCUT2D eigenvalue weighted by molar-refractivity contribution is 6.58. The van der Waals surface area contributed by atoms with Crippen LogP contribution >= 0.6 is 11.6 Å². The van der Waals surface area contributed by atoms with Gasteiger partial charge >= 0.3 is 7.12 Å². The van der Waals surface area contributed by atoms with E-state index in [9.17, 15) is 35.0 Å². The van der Waals surface area contributed by atoms with Gasteiger partial charge in [-0.3, -0.25) is 14.5 Å². The Bertz CT molecular complexity index is 1340. The molecule has 0 unspecified atom stereocenters. The molecule has 0 saturated carbocycles. The minimum absolute atomic E-state index is 0.0832. The van der Waals surface area contributed by atoms with Gasteiger partial charge in [-0.2, -0.15) is 0 Å². The second-order valence-electron chi connectivity index (χ2n) is 10.7. The third-order valence-electron chi connectivity index (χ3n) is 7.96. The summed E-state index contributed by atoms with van der Waals surface area (Å²) in [6.07, 6.45) is 3.95. The van der Waals surface area contributed by atoms with Crippen molar-refractivity contribution in [3.8, 4) is 5.75 Å². The van der Waals surface area contributed by atoms with E-state index in [4.69, 9.17) is 11.6 Å². The predicted molar refractivity (Wildman–Crippen MR) is 155 cm³/mol. The van der Waals surface area contributed by atoms with Gasteiger partial charge in [0.1, 0.15) is 5.75 Å². The maximum atomic E-state index is 13.6. The Hall–Kier alpha value is -2.95. The topological polar surface area (TPSA) is 139 Å². The van der Waals surface area contributed by atoms with Crippen LogP contribution in [0.1, 0.15) is 51.5 Å². The van der Waals surface area contributed by atoms with Crippen molar-refractivity contribution in [3.63, 3.8) is 0 Å². The number of carbonyl (C=O) groups is 2. The number of fused-ring (bicyclic) bond motifs is 1. The van der Waals surface area contributed by atoms with Crippen molar-refractivity contribution in [3.05, 3.63) is 69.8 Å². The number of aliphatic hydroxyl groups excluding tert-OH is 2. The van der Waals surface area contributed by atoms with E-state index in [1.807, 2.05) is 13.0 Å². The van der Waals surface area contributed by atoms with E-state index in [0.29, 0.717) is 23.4 Å². The van der Waals surface area contributed by atoms with Gasteiger partial charge in [0.05, 0.1) is 35.3 Å². The summed E-state index contributed by atoms with van der Waals surface area (Å²) in [6.45, 7) is 3.50. The van der Waals surface area contributed by atoms with Crippen LogP contribution in [-0.2, 0) is 9.59 Å². The van der Waals surface area contributed by atoms with Gasteiger partial charge in [0.15, 0.2) is 0 Å². The van der Waals surface area contributed by atoms with Crippen molar-refractivity contribution < 1.29 is 35.0 Å². The van der Waals surface area contributed by atoms with Gasteiger partial charge in [0, 0.05) is 5.92 Å². The molecule has 1 saturated heterocycles. The van der Waals surface area contributed by atoms with E-state index in [2.05, 4.69) is 6.92 Å². The predicted octanol–water partition coefficient (Wildman–Crippen LogP) is 3.18. The second kappa shape index (κ2) is 12.7. The van der Waals surface area contributed by atoms with E-state index in [-0.39, 0.29) is 23.3 Å². The minimum Gasteiger partial charge on any atom is -0.508 e. The molecule has 1 aliphatic heterocycles. The van der Waals surface area contributed by atoms with Crippen LogP contribution in [0.25, 0.3) is 6.08 Å². The van der Waals surface area contributed by atoms with Crippen LogP contribution < -0.4 is 10.4 Å². The van der Waals surface area contributed by atoms with Gasteiger partial charge in [-0.15, -0.1) is 0 Å². The highest BCUT2D eigenvalue weighted by atomic mass is 35.5. The summed E-state index contributed by atoms with van der Waals surface area (Å²) in [4.78, 5) is 28.1. The molecule has 5 N–H and O–H groups in total. The molecule has 0 aromatic heterocycles. The number of hydrogen-bond donors (Lipinski definition) is 5. The lowest BCUT2D eigenvalue weighted by Crippen LogP contribution is -2.39. The third kappa shape index (κ3) is 6.04. The minimum atomic E-state index is -1.75. The summed E-state index contributed by atoms with van der Waals surface area (Å²) in [5, 5.41) is 51.0. The van der Waals surface area contributed by atoms with E-state index >= 15 is 0 Å². The number of anilines is 1. The summed E-state index contributed by atoms with van der Waals surface area (Å²) in [6, 6.07) is 10.8. The number of carbonyl (C=O) groups excluding carboxylic acids is 2. The summed E-state index contributed by atoms with van der Waals surface area (Å²) < 4.78 is 0. The van der Waals surface area contributed by atoms with Gasteiger partial charge in [0.25, 0.3) is 0 Å². The standard InChI is InChI=1S/C30H35BClNO7/c1-3-5-18(13-19-9-10-22(35)15-25(19)32)8-11-26(36)27-17(2)12-23-28(24(27)16-34)30(38)33(29(23)37)21-7-4-6-20(14-21)31(39)40/h4,6-7,9-10,13-15,23-24,26,28,34-36,39-40H,3,5,8,11-12,16H2,1-2H3/b18-13+/t23-,24+,26-,28-/m1/s1. The van der Waals surface area contributed by atoms with Crippen LogP contribution in [0.4, 0.5) is 5.69 Å². The fraction of sp³-hybridized carbons (Fsp3) is 0.400. The Balaban J connectivity index is 1.56. The highest BCUT2D eigenvalue weighted by Gasteiger charge is 2.54. The van der Waals surface area contributed by atoms with Crippen LogP contribution in [0.3, 0.4) is 0 Å². The van der Waals surface area contributed by atoms with Crippen molar-refractivity contribution >= 4 is 47.8 Å². The maximum Gasteiger partial charge on any atom is 0.488 e. The Kier molecular flexibility index (Phi) is 9.54. The average molecular weight is 568 g/mol. The lowest BCUT2D eigenvalue weighted by atomic mass is 9.68. The molecule has 4 atom stereocenters. The number of nitrogens with zero attached hydrogens (tertiary/aromatic N) is 1. The molecule has 2 aliphatic rings. The molecule has 2 aromatic rings. The average Bonchev–Trinajstić information content (AvgIpc) is 3.16. The molecule has 4 rings (SSSR count). The Morgan fingerprint density at radius 1 is 1.15 bits per heavy atom. The maximum absolute atomic E-state index is 13.6. The molecule has 0 bridgehead atoms. The number of allylic oxidation sites excluding steroid dienone is 2. The van der Waals surface area contributed by atoms with Crippen LogP contribution in [-0.4, -0.2) is 57.0 Å². The number of benzene rings is 2.